The molecular weight excluding hydrogens is 297 g/mol. The van der Waals surface area contributed by atoms with Crippen molar-refractivity contribution in [1.82, 2.24) is 4.31 Å². The number of ether oxygens (including phenoxy) is 1. The molecule has 1 aliphatic rings. The van der Waals surface area contributed by atoms with Gasteiger partial charge < -0.3 is 9.84 Å². The molecule has 7 heteroatoms. The lowest BCUT2D eigenvalue weighted by Gasteiger charge is -2.27. The summed E-state index contributed by atoms with van der Waals surface area (Å²) in [5, 5.41) is 9.04. The van der Waals surface area contributed by atoms with Crippen LogP contribution in [0.2, 0.25) is 0 Å². The van der Waals surface area contributed by atoms with E-state index in [9.17, 15) is 12.8 Å². The third-order valence-corrected chi connectivity index (χ3v) is 5.45. The first-order valence-corrected chi connectivity index (χ1v) is 8.36. The molecule has 0 saturated carbocycles. The van der Waals surface area contributed by atoms with Crippen LogP contribution in [0.1, 0.15) is 24.8 Å². The fraction of sp³-hybridized carbons (Fsp3) is 0.571. The van der Waals surface area contributed by atoms with Crippen molar-refractivity contribution in [2.45, 2.75) is 36.9 Å². The van der Waals surface area contributed by atoms with E-state index in [-0.39, 0.29) is 23.1 Å². The first-order valence-electron chi connectivity index (χ1n) is 6.92. The Hall–Kier alpha value is -1.02. The molecule has 1 unspecified atom stereocenters. The van der Waals surface area contributed by atoms with Crippen molar-refractivity contribution in [2.24, 2.45) is 0 Å². The number of sulfonamides is 1. The van der Waals surface area contributed by atoms with Crippen molar-refractivity contribution in [3.8, 4) is 0 Å². The fourth-order valence-corrected chi connectivity index (χ4v) is 3.60. The van der Waals surface area contributed by atoms with Crippen LogP contribution in [0, 0.1) is 5.82 Å². The van der Waals surface area contributed by atoms with Crippen LogP contribution < -0.4 is 0 Å². The Bertz CT molecular complexity index is 585. The summed E-state index contributed by atoms with van der Waals surface area (Å²) in [6.07, 6.45) is 2.77. The second-order valence-corrected chi connectivity index (χ2v) is 7.23. The molecular formula is C14H20FNO4S. The van der Waals surface area contributed by atoms with Crippen LogP contribution >= 0.6 is 0 Å². The van der Waals surface area contributed by atoms with Crippen LogP contribution in [0.15, 0.2) is 23.1 Å². The summed E-state index contributed by atoms with van der Waals surface area (Å²) < 4.78 is 45.0. The Kier molecular flexibility index (Phi) is 5.32. The Morgan fingerprint density at radius 2 is 2.19 bits per heavy atom. The summed E-state index contributed by atoms with van der Waals surface area (Å²) in [6, 6.07) is 3.44. The highest BCUT2D eigenvalue weighted by Crippen LogP contribution is 2.21. The number of halogens is 1. The number of aliphatic hydroxyl groups is 1. The highest BCUT2D eigenvalue weighted by Gasteiger charge is 2.25. The number of aliphatic hydroxyl groups excluding tert-OH is 1. The van der Waals surface area contributed by atoms with E-state index in [2.05, 4.69) is 0 Å². The number of hydrogen-bond donors (Lipinski definition) is 1. The maximum atomic E-state index is 13.3. The molecule has 0 spiro atoms. The smallest absolute Gasteiger partial charge is 0.242 e. The maximum Gasteiger partial charge on any atom is 0.242 e. The first-order chi connectivity index (χ1) is 9.95. The molecule has 21 heavy (non-hydrogen) atoms. The lowest BCUT2D eigenvalue weighted by molar-refractivity contribution is 0.00858. The molecule has 1 heterocycles. The van der Waals surface area contributed by atoms with E-state index in [0.717, 1.165) is 25.3 Å². The summed E-state index contributed by atoms with van der Waals surface area (Å²) in [4.78, 5) is -0.0220. The molecule has 0 radical (unpaired) electrons. The van der Waals surface area contributed by atoms with Gasteiger partial charge in [-0.25, -0.2) is 12.8 Å². The average Bonchev–Trinajstić information content (AvgIpc) is 2.48. The van der Waals surface area contributed by atoms with E-state index in [4.69, 9.17) is 9.84 Å². The summed E-state index contributed by atoms with van der Waals surface area (Å²) in [6.45, 7) is 0.391. The summed E-state index contributed by atoms with van der Waals surface area (Å²) >= 11 is 0. The zero-order valence-electron chi connectivity index (χ0n) is 12.0. The van der Waals surface area contributed by atoms with E-state index in [1.807, 2.05) is 0 Å². The second-order valence-electron chi connectivity index (χ2n) is 5.19. The van der Waals surface area contributed by atoms with Gasteiger partial charge in [0.25, 0.3) is 0 Å². The van der Waals surface area contributed by atoms with Crippen LogP contribution in [0.5, 0.6) is 0 Å². The van der Waals surface area contributed by atoms with Gasteiger partial charge in [0.15, 0.2) is 0 Å². The quantitative estimate of drug-likeness (QED) is 0.894. The van der Waals surface area contributed by atoms with Gasteiger partial charge in [-0.2, -0.15) is 4.31 Å². The molecule has 5 nitrogen and oxygen atoms in total. The summed E-state index contributed by atoms with van der Waals surface area (Å²) in [5.41, 5.74) is -0.0293. The number of nitrogens with zero attached hydrogens (tertiary/aromatic N) is 1. The fourth-order valence-electron chi connectivity index (χ4n) is 2.35. The predicted molar refractivity (Wildman–Crippen MR) is 75.7 cm³/mol. The van der Waals surface area contributed by atoms with Gasteiger partial charge in [0.05, 0.1) is 17.6 Å². The largest absolute Gasteiger partial charge is 0.392 e. The maximum absolute atomic E-state index is 13.3. The molecule has 1 N–H and O–H groups in total. The molecule has 1 saturated heterocycles. The molecule has 0 aliphatic carbocycles. The number of rotatable bonds is 5. The van der Waals surface area contributed by atoms with Crippen LogP contribution in [0.25, 0.3) is 0 Å². The Labute approximate surface area is 124 Å². The summed E-state index contributed by atoms with van der Waals surface area (Å²) in [5.74, 6) is -0.616. The van der Waals surface area contributed by atoms with E-state index in [0.29, 0.717) is 6.61 Å². The molecule has 118 valence electrons. The van der Waals surface area contributed by atoms with Crippen LogP contribution in [-0.2, 0) is 21.4 Å². The minimum Gasteiger partial charge on any atom is -0.392 e. The van der Waals surface area contributed by atoms with Crippen molar-refractivity contribution in [1.29, 1.82) is 0 Å². The van der Waals surface area contributed by atoms with Gasteiger partial charge in [-0.15, -0.1) is 0 Å². The Morgan fingerprint density at radius 1 is 1.43 bits per heavy atom. The van der Waals surface area contributed by atoms with E-state index >= 15 is 0 Å². The molecule has 0 aromatic heterocycles. The van der Waals surface area contributed by atoms with E-state index in [1.54, 1.807) is 0 Å². The SMILES string of the molecule is CN(CC1CCCCO1)S(=O)(=O)c1ccc(F)c(CO)c1. The van der Waals surface area contributed by atoms with Crippen LogP contribution in [0.3, 0.4) is 0 Å². The first kappa shape index (κ1) is 16.4. The van der Waals surface area contributed by atoms with E-state index < -0.39 is 22.4 Å². The second kappa shape index (κ2) is 6.83. The third kappa shape index (κ3) is 3.79. The van der Waals surface area contributed by atoms with Gasteiger partial charge in [0.2, 0.25) is 10.0 Å². The minimum atomic E-state index is -3.71. The van der Waals surface area contributed by atoms with Gasteiger partial charge in [-0.05, 0) is 37.5 Å². The highest BCUT2D eigenvalue weighted by atomic mass is 32.2. The normalized spacial score (nSPS) is 19.9. The van der Waals surface area contributed by atoms with Gasteiger partial charge in [0.1, 0.15) is 5.82 Å². The number of likely N-dealkylation sites (N-methyl/N-ethyl adjacent to an activating group) is 1. The molecule has 1 aliphatic heterocycles. The molecule has 1 aromatic rings. The average molecular weight is 317 g/mol. The van der Waals surface area contributed by atoms with Crippen molar-refractivity contribution >= 4 is 10.0 Å². The lowest BCUT2D eigenvalue weighted by atomic mass is 10.1. The van der Waals surface area contributed by atoms with Crippen LogP contribution in [-0.4, -0.2) is 44.1 Å². The van der Waals surface area contributed by atoms with Crippen molar-refractivity contribution in [3.05, 3.63) is 29.6 Å². The zero-order chi connectivity index (χ0) is 15.5. The van der Waals surface area contributed by atoms with Crippen LogP contribution in [0.4, 0.5) is 4.39 Å². The number of hydrogen-bond acceptors (Lipinski definition) is 4. The van der Waals surface area contributed by atoms with Crippen molar-refractivity contribution in [2.75, 3.05) is 20.2 Å². The van der Waals surface area contributed by atoms with Gasteiger partial charge >= 0.3 is 0 Å². The van der Waals surface area contributed by atoms with Crippen molar-refractivity contribution in [3.63, 3.8) is 0 Å². The molecule has 1 aromatic carbocycles. The standard InChI is InChI=1S/C14H20FNO4S/c1-16(9-12-4-2-3-7-20-12)21(18,19)13-5-6-14(15)11(8-13)10-17/h5-6,8,12,17H,2-4,7,9-10H2,1H3. The predicted octanol–water partition coefficient (Wildman–Crippen LogP) is 1.51. The molecule has 1 atom stereocenters. The lowest BCUT2D eigenvalue weighted by Crippen LogP contribution is -2.37. The molecule has 1 fully saturated rings. The summed E-state index contributed by atoms with van der Waals surface area (Å²) in [7, 11) is -2.23. The molecule has 2 rings (SSSR count). The molecule has 0 bridgehead atoms. The third-order valence-electron chi connectivity index (χ3n) is 3.63. The molecule has 0 amide bonds. The Morgan fingerprint density at radius 3 is 2.81 bits per heavy atom. The Balaban J connectivity index is 2.16. The minimum absolute atomic E-state index is 0.0220. The van der Waals surface area contributed by atoms with Gasteiger partial charge in [-0.3, -0.25) is 0 Å². The van der Waals surface area contributed by atoms with Gasteiger partial charge in [0, 0.05) is 25.8 Å². The van der Waals surface area contributed by atoms with E-state index in [1.165, 1.54) is 23.5 Å². The van der Waals surface area contributed by atoms with Gasteiger partial charge in [-0.1, -0.05) is 0 Å². The van der Waals surface area contributed by atoms with Crippen molar-refractivity contribution < 1.29 is 22.7 Å². The topological polar surface area (TPSA) is 66.8 Å². The highest BCUT2D eigenvalue weighted by molar-refractivity contribution is 7.89. The number of benzene rings is 1. The zero-order valence-corrected chi connectivity index (χ0v) is 12.8. The monoisotopic (exact) mass is 317 g/mol.